The van der Waals surface area contributed by atoms with Gasteiger partial charge < -0.3 is 12.4 Å². The van der Waals surface area contributed by atoms with Crippen molar-refractivity contribution in [3.8, 4) is 0 Å². The van der Waals surface area contributed by atoms with Gasteiger partial charge in [-0.2, -0.15) is 0 Å². The molecule has 1 aliphatic rings. The number of hydrogen-bond donors (Lipinski definition) is 1. The van der Waals surface area contributed by atoms with Gasteiger partial charge in [0.2, 0.25) is 0 Å². The number of unbranched alkanes of at least 4 members (excludes halogenated alkanes) is 8. The Labute approximate surface area is 165 Å². The Bertz CT molecular complexity index is 399. The van der Waals surface area contributed by atoms with Crippen molar-refractivity contribution in [3.63, 3.8) is 0 Å². The van der Waals surface area contributed by atoms with Crippen LogP contribution in [0.1, 0.15) is 77.6 Å². The standard InChI is InChI=1S/C12H25NO.C5H5.C2H7Si.ClH.Zr/c1-2-3-4-5-6-7-8-9-10-11-12(13)14;1-2-4-5-3-1;1-3-2;;/h2-11H2,1H3,(H2,13,14);1-3H,4H2;3H,1-2H3;1H;/q;;;;+2/p-2. The van der Waals surface area contributed by atoms with Gasteiger partial charge in [0.15, 0.2) is 0 Å². The molecule has 1 N–H and O–H groups in total. The van der Waals surface area contributed by atoms with Crippen LogP contribution in [-0.2, 0) is 26.0 Å². The summed E-state index contributed by atoms with van der Waals surface area (Å²) in [6.07, 6.45) is 20.4. The van der Waals surface area contributed by atoms with E-state index in [1.807, 2.05) is 0 Å². The number of halogens is 1. The van der Waals surface area contributed by atoms with E-state index in [2.05, 4.69) is 41.5 Å². The van der Waals surface area contributed by atoms with Gasteiger partial charge in [0, 0.05) is 0 Å². The SMILES string of the molecule is CCCCCCCCCCCC(=O)[NH][Zr+]([C]1=CC=CC1)[SiH](C)C.[Cl-]. The van der Waals surface area contributed by atoms with Crippen molar-refractivity contribution in [2.75, 3.05) is 0 Å². The Morgan fingerprint density at radius 3 is 2.17 bits per heavy atom. The number of rotatable bonds is 13. The molecule has 0 bridgehead atoms. The normalized spacial score (nSPS) is 12.9. The van der Waals surface area contributed by atoms with Gasteiger partial charge in [-0.1, -0.05) is 6.92 Å². The van der Waals surface area contributed by atoms with E-state index in [4.69, 9.17) is 0 Å². The van der Waals surface area contributed by atoms with Gasteiger partial charge in [0.1, 0.15) is 0 Å². The molecule has 0 aromatic rings. The molecule has 0 aliphatic heterocycles. The van der Waals surface area contributed by atoms with Crippen molar-refractivity contribution in [2.45, 2.75) is 90.6 Å². The van der Waals surface area contributed by atoms with Crippen LogP contribution in [0.2, 0.25) is 13.1 Å². The number of allylic oxidation sites excluding steroid dienone is 4. The van der Waals surface area contributed by atoms with Gasteiger partial charge in [-0.25, -0.2) is 0 Å². The molecule has 0 atom stereocenters. The molecule has 0 unspecified atom stereocenters. The summed E-state index contributed by atoms with van der Waals surface area (Å²) in [6, 6.07) is 0. The summed E-state index contributed by atoms with van der Waals surface area (Å²) in [4.78, 5) is 12.2. The molecule has 2 nitrogen and oxygen atoms in total. The quantitative estimate of drug-likeness (QED) is 0.340. The second kappa shape index (κ2) is 15.6. The van der Waals surface area contributed by atoms with Crippen molar-refractivity contribution in [2.24, 2.45) is 0 Å². The zero-order chi connectivity index (χ0) is 16.9. The molecule has 0 saturated heterocycles. The maximum Gasteiger partial charge on any atom is -1.00 e. The van der Waals surface area contributed by atoms with Crippen molar-refractivity contribution < 1.29 is 38.4 Å². The van der Waals surface area contributed by atoms with Crippen LogP contribution in [0.5, 0.6) is 0 Å². The van der Waals surface area contributed by atoms with E-state index in [9.17, 15) is 4.79 Å². The molecule has 0 aromatic carbocycles. The fourth-order valence-electron chi connectivity index (χ4n) is 3.05. The Balaban J connectivity index is 0.00000529. The maximum atomic E-state index is 12.2. The Morgan fingerprint density at radius 1 is 1.08 bits per heavy atom. The number of amides is 1. The van der Waals surface area contributed by atoms with E-state index in [1.54, 1.807) is 3.28 Å². The first-order chi connectivity index (χ1) is 11.1. The average Bonchev–Trinajstić information content (AvgIpc) is 3.04. The monoisotopic (exact) mass is 447 g/mol. The molecular formula is C19H36ClNOSiZr. The van der Waals surface area contributed by atoms with Crippen LogP contribution >= 0.6 is 0 Å². The van der Waals surface area contributed by atoms with Crippen LogP contribution in [0.4, 0.5) is 0 Å². The van der Waals surface area contributed by atoms with Crippen molar-refractivity contribution in [3.05, 3.63) is 21.5 Å². The topological polar surface area (TPSA) is 29.1 Å². The summed E-state index contributed by atoms with van der Waals surface area (Å²) in [5, 5.41) is 0. The number of carbonyl (C=O) groups excluding carboxylic acids is 1. The summed E-state index contributed by atoms with van der Waals surface area (Å²) in [7, 11) is 0. The Hall–Kier alpha value is 0.340. The van der Waals surface area contributed by atoms with Gasteiger partial charge in [0.05, 0.1) is 0 Å². The Morgan fingerprint density at radius 2 is 1.67 bits per heavy atom. The van der Waals surface area contributed by atoms with E-state index in [1.165, 1.54) is 51.4 Å². The molecule has 0 spiro atoms. The molecule has 0 saturated carbocycles. The maximum absolute atomic E-state index is 12.2. The largest absolute Gasteiger partial charge is 1.00 e. The molecule has 0 radical (unpaired) electrons. The summed E-state index contributed by atoms with van der Waals surface area (Å²) in [6.45, 7) is 7.08. The van der Waals surface area contributed by atoms with Crippen LogP contribution in [0.25, 0.3) is 0 Å². The van der Waals surface area contributed by atoms with E-state index < -0.39 is 27.1 Å². The van der Waals surface area contributed by atoms with E-state index >= 15 is 0 Å². The predicted molar refractivity (Wildman–Crippen MR) is 101 cm³/mol. The third kappa shape index (κ3) is 11.1. The third-order valence-corrected chi connectivity index (χ3v) is 21.2. The molecule has 0 fully saturated rings. The van der Waals surface area contributed by atoms with Gasteiger partial charge in [-0.15, -0.1) is 0 Å². The fraction of sp³-hybridized carbons (Fsp3) is 0.737. The van der Waals surface area contributed by atoms with Gasteiger partial charge in [0.25, 0.3) is 0 Å². The van der Waals surface area contributed by atoms with Crippen LogP contribution in [-0.4, -0.2) is 11.8 Å². The van der Waals surface area contributed by atoms with E-state index in [0.29, 0.717) is 5.91 Å². The molecule has 5 heteroatoms. The molecule has 24 heavy (non-hydrogen) atoms. The molecule has 0 heterocycles. The van der Waals surface area contributed by atoms with Crippen LogP contribution < -0.4 is 15.7 Å². The number of hydrogen-bond acceptors (Lipinski definition) is 1. The van der Waals surface area contributed by atoms with Crippen LogP contribution in [0.15, 0.2) is 21.5 Å². The molecular weight excluding hydrogens is 413 g/mol. The van der Waals surface area contributed by atoms with Crippen molar-refractivity contribution in [1.82, 2.24) is 3.26 Å². The smallest absolute Gasteiger partial charge is 1.00 e. The molecule has 1 amide bonds. The second-order valence-corrected chi connectivity index (χ2v) is 25.5. The molecule has 138 valence electrons. The second-order valence-electron chi connectivity index (χ2n) is 7.02. The minimum absolute atomic E-state index is 0. The summed E-state index contributed by atoms with van der Waals surface area (Å²) in [5.41, 5.74) is 0. The first-order valence-corrected chi connectivity index (χ1v) is 19.3. The number of carbonyl (C=O) groups is 1. The molecule has 1 aliphatic carbocycles. The number of nitrogens with one attached hydrogen (secondary N) is 1. The van der Waals surface area contributed by atoms with Crippen molar-refractivity contribution >= 4 is 11.8 Å². The van der Waals surface area contributed by atoms with Crippen molar-refractivity contribution in [1.29, 1.82) is 0 Å². The van der Waals surface area contributed by atoms with E-state index in [-0.39, 0.29) is 12.4 Å². The summed E-state index contributed by atoms with van der Waals surface area (Å²) >= 11 is -1.79. The zero-order valence-electron chi connectivity index (χ0n) is 15.9. The van der Waals surface area contributed by atoms with Crippen LogP contribution in [0.3, 0.4) is 0 Å². The first-order valence-electron chi connectivity index (χ1n) is 9.68. The van der Waals surface area contributed by atoms with Crippen LogP contribution in [0, 0.1) is 0 Å². The minimum atomic E-state index is -1.79. The molecule has 0 aromatic heterocycles. The summed E-state index contributed by atoms with van der Waals surface area (Å²) in [5.74, 6) is -0.361. The predicted octanol–water partition coefficient (Wildman–Crippen LogP) is 2.39. The first kappa shape index (κ1) is 24.3. The fourth-order valence-corrected chi connectivity index (χ4v) is 16.8. The molecule has 1 rings (SSSR count). The zero-order valence-corrected chi connectivity index (χ0v) is 20.2. The third-order valence-electron chi connectivity index (χ3n) is 4.48. The van der Waals surface area contributed by atoms with Gasteiger partial charge in [-0.05, 0) is 0 Å². The Kier molecular flexibility index (Phi) is 15.8. The van der Waals surface area contributed by atoms with Gasteiger partial charge in [-0.3, -0.25) is 0 Å². The average molecular weight is 449 g/mol. The van der Waals surface area contributed by atoms with E-state index in [0.717, 1.165) is 19.3 Å². The van der Waals surface area contributed by atoms with Gasteiger partial charge >= 0.3 is 146 Å². The minimum Gasteiger partial charge on any atom is -1.00 e. The summed E-state index contributed by atoms with van der Waals surface area (Å²) < 4.78 is 5.10.